The number of anilines is 1. The highest BCUT2D eigenvalue weighted by Crippen LogP contribution is 2.22. The molecular weight excluding hydrogens is 238 g/mol. The van der Waals surface area contributed by atoms with Crippen LogP contribution in [0.4, 0.5) is 5.95 Å². The van der Waals surface area contributed by atoms with Crippen LogP contribution in [0, 0.1) is 0 Å². The Morgan fingerprint density at radius 2 is 1.58 bits per heavy atom. The molecule has 19 heavy (non-hydrogen) atoms. The molecule has 3 aromatic rings. The van der Waals surface area contributed by atoms with E-state index >= 15 is 0 Å². The van der Waals surface area contributed by atoms with Crippen LogP contribution in [0.2, 0.25) is 0 Å². The average molecular weight is 249 g/mol. The number of rotatable bonds is 2. The predicted molar refractivity (Wildman–Crippen MR) is 72.9 cm³/mol. The van der Waals surface area contributed by atoms with Gasteiger partial charge in [0, 0.05) is 29.7 Å². The minimum atomic E-state index is 0.263. The SMILES string of the molecule is Nc1nccc(-c2cccc(-c3ncccn3)c2)n1. The van der Waals surface area contributed by atoms with Gasteiger partial charge in [0.1, 0.15) is 0 Å². The van der Waals surface area contributed by atoms with Crippen molar-refractivity contribution in [3.8, 4) is 22.6 Å². The summed E-state index contributed by atoms with van der Waals surface area (Å²) in [5, 5.41) is 0. The molecule has 0 spiro atoms. The van der Waals surface area contributed by atoms with Crippen LogP contribution in [-0.4, -0.2) is 19.9 Å². The summed E-state index contributed by atoms with van der Waals surface area (Å²) in [6.07, 6.45) is 5.08. The van der Waals surface area contributed by atoms with Crippen molar-refractivity contribution >= 4 is 5.95 Å². The molecule has 5 nitrogen and oxygen atoms in total. The third-order valence-corrected chi connectivity index (χ3v) is 2.66. The summed E-state index contributed by atoms with van der Waals surface area (Å²) in [4.78, 5) is 16.6. The number of hydrogen-bond donors (Lipinski definition) is 1. The first-order chi connectivity index (χ1) is 9.33. The van der Waals surface area contributed by atoms with Crippen LogP contribution in [0.5, 0.6) is 0 Å². The normalized spacial score (nSPS) is 10.3. The van der Waals surface area contributed by atoms with Crippen molar-refractivity contribution in [3.05, 3.63) is 55.0 Å². The molecule has 0 aliphatic heterocycles. The van der Waals surface area contributed by atoms with E-state index in [-0.39, 0.29) is 5.95 Å². The molecule has 0 aliphatic rings. The van der Waals surface area contributed by atoms with E-state index in [0.29, 0.717) is 5.82 Å². The first-order valence-electron chi connectivity index (χ1n) is 5.79. The van der Waals surface area contributed by atoms with Gasteiger partial charge in [0.25, 0.3) is 0 Å². The molecule has 0 radical (unpaired) electrons. The lowest BCUT2D eigenvalue weighted by molar-refractivity contribution is 1.17. The van der Waals surface area contributed by atoms with Gasteiger partial charge in [-0.2, -0.15) is 0 Å². The highest BCUT2D eigenvalue weighted by Gasteiger charge is 2.04. The van der Waals surface area contributed by atoms with Crippen molar-refractivity contribution in [1.82, 2.24) is 19.9 Å². The molecule has 0 fully saturated rings. The van der Waals surface area contributed by atoms with E-state index in [0.717, 1.165) is 16.8 Å². The molecule has 3 rings (SSSR count). The molecule has 2 aromatic heterocycles. The van der Waals surface area contributed by atoms with E-state index in [1.807, 2.05) is 30.3 Å². The molecule has 5 heteroatoms. The van der Waals surface area contributed by atoms with E-state index in [2.05, 4.69) is 19.9 Å². The second kappa shape index (κ2) is 4.81. The van der Waals surface area contributed by atoms with Crippen molar-refractivity contribution < 1.29 is 0 Å². The van der Waals surface area contributed by atoms with Crippen LogP contribution in [0.1, 0.15) is 0 Å². The minimum absolute atomic E-state index is 0.263. The molecule has 92 valence electrons. The van der Waals surface area contributed by atoms with Crippen LogP contribution < -0.4 is 5.73 Å². The number of aromatic nitrogens is 4. The molecule has 0 aliphatic carbocycles. The Morgan fingerprint density at radius 1 is 0.789 bits per heavy atom. The van der Waals surface area contributed by atoms with Gasteiger partial charge >= 0.3 is 0 Å². The predicted octanol–water partition coefficient (Wildman–Crippen LogP) is 2.18. The van der Waals surface area contributed by atoms with E-state index in [1.165, 1.54) is 0 Å². The highest BCUT2D eigenvalue weighted by molar-refractivity contribution is 5.67. The summed E-state index contributed by atoms with van der Waals surface area (Å²) >= 11 is 0. The van der Waals surface area contributed by atoms with Crippen LogP contribution in [0.3, 0.4) is 0 Å². The summed E-state index contributed by atoms with van der Waals surface area (Å²) in [7, 11) is 0. The quantitative estimate of drug-likeness (QED) is 0.753. The number of nitrogen functional groups attached to an aromatic ring is 1. The first-order valence-corrected chi connectivity index (χ1v) is 5.79. The van der Waals surface area contributed by atoms with E-state index in [1.54, 1.807) is 24.7 Å². The standard InChI is InChI=1S/C14H11N5/c15-14-18-8-5-12(19-14)10-3-1-4-11(9-10)13-16-6-2-7-17-13/h1-9H,(H2,15,18,19). The van der Waals surface area contributed by atoms with E-state index < -0.39 is 0 Å². The summed E-state index contributed by atoms with van der Waals surface area (Å²) < 4.78 is 0. The fourth-order valence-electron chi connectivity index (χ4n) is 1.80. The van der Waals surface area contributed by atoms with Gasteiger partial charge < -0.3 is 5.73 Å². The Kier molecular flexibility index (Phi) is 2.86. The third kappa shape index (κ3) is 2.40. The largest absolute Gasteiger partial charge is 0.368 e. The lowest BCUT2D eigenvalue weighted by Crippen LogP contribution is -1.95. The van der Waals surface area contributed by atoms with Crippen molar-refractivity contribution in [2.45, 2.75) is 0 Å². The Labute approximate surface area is 110 Å². The van der Waals surface area contributed by atoms with E-state index in [4.69, 9.17) is 5.73 Å². The molecular formula is C14H11N5. The molecule has 0 unspecified atom stereocenters. The van der Waals surface area contributed by atoms with Gasteiger partial charge in [0.15, 0.2) is 5.82 Å². The maximum atomic E-state index is 5.60. The summed E-state index contributed by atoms with van der Waals surface area (Å²) in [6.45, 7) is 0. The summed E-state index contributed by atoms with van der Waals surface area (Å²) in [5.41, 5.74) is 8.28. The zero-order valence-corrected chi connectivity index (χ0v) is 10.1. The zero-order valence-electron chi connectivity index (χ0n) is 10.1. The number of nitrogens with zero attached hydrogens (tertiary/aromatic N) is 4. The molecule has 0 atom stereocenters. The Hall–Kier alpha value is -2.82. The van der Waals surface area contributed by atoms with Gasteiger partial charge in [0.2, 0.25) is 5.95 Å². The summed E-state index contributed by atoms with van der Waals surface area (Å²) in [5.74, 6) is 0.949. The number of hydrogen-bond acceptors (Lipinski definition) is 5. The third-order valence-electron chi connectivity index (χ3n) is 2.66. The van der Waals surface area contributed by atoms with Crippen LogP contribution >= 0.6 is 0 Å². The maximum Gasteiger partial charge on any atom is 0.220 e. The number of nitrogens with two attached hydrogens (primary N) is 1. The molecule has 1 aromatic carbocycles. The van der Waals surface area contributed by atoms with Gasteiger partial charge in [-0.15, -0.1) is 0 Å². The zero-order chi connectivity index (χ0) is 13.1. The molecule has 0 amide bonds. The Morgan fingerprint density at radius 3 is 2.37 bits per heavy atom. The lowest BCUT2D eigenvalue weighted by Gasteiger charge is -2.04. The van der Waals surface area contributed by atoms with Gasteiger partial charge in [0.05, 0.1) is 5.69 Å². The fourth-order valence-corrected chi connectivity index (χ4v) is 1.80. The molecule has 0 saturated heterocycles. The maximum absolute atomic E-state index is 5.60. The summed E-state index contributed by atoms with van der Waals surface area (Å²) in [6, 6.07) is 11.5. The second-order valence-corrected chi connectivity index (χ2v) is 3.95. The molecule has 0 bridgehead atoms. The Bertz CT molecular complexity index is 697. The van der Waals surface area contributed by atoms with Crippen molar-refractivity contribution in [2.24, 2.45) is 0 Å². The van der Waals surface area contributed by atoms with Crippen LogP contribution in [-0.2, 0) is 0 Å². The second-order valence-electron chi connectivity index (χ2n) is 3.95. The topological polar surface area (TPSA) is 77.6 Å². The van der Waals surface area contributed by atoms with Crippen molar-refractivity contribution in [2.75, 3.05) is 5.73 Å². The average Bonchev–Trinajstić information content (AvgIpc) is 2.48. The number of benzene rings is 1. The van der Waals surface area contributed by atoms with Crippen LogP contribution in [0.15, 0.2) is 55.0 Å². The van der Waals surface area contributed by atoms with Gasteiger partial charge in [-0.1, -0.05) is 18.2 Å². The fraction of sp³-hybridized carbons (Fsp3) is 0. The van der Waals surface area contributed by atoms with Crippen molar-refractivity contribution in [3.63, 3.8) is 0 Å². The highest BCUT2D eigenvalue weighted by atomic mass is 15.0. The molecule has 0 saturated carbocycles. The first kappa shape index (κ1) is 11.3. The molecule has 2 N–H and O–H groups in total. The van der Waals surface area contributed by atoms with Gasteiger partial charge in [-0.25, -0.2) is 19.9 Å². The smallest absolute Gasteiger partial charge is 0.220 e. The van der Waals surface area contributed by atoms with Crippen molar-refractivity contribution in [1.29, 1.82) is 0 Å². The lowest BCUT2D eigenvalue weighted by atomic mass is 10.1. The van der Waals surface area contributed by atoms with E-state index in [9.17, 15) is 0 Å². The Balaban J connectivity index is 2.06. The minimum Gasteiger partial charge on any atom is -0.368 e. The molecule has 2 heterocycles. The van der Waals surface area contributed by atoms with Crippen LogP contribution in [0.25, 0.3) is 22.6 Å². The van der Waals surface area contributed by atoms with Gasteiger partial charge in [-0.3, -0.25) is 0 Å². The van der Waals surface area contributed by atoms with Gasteiger partial charge in [-0.05, 0) is 18.2 Å². The monoisotopic (exact) mass is 249 g/mol.